The first-order chi connectivity index (χ1) is 12.9. The van der Waals surface area contributed by atoms with Crippen LogP contribution in [0.4, 0.5) is 11.4 Å². The number of anilines is 2. The van der Waals surface area contributed by atoms with Crippen LogP contribution in [0.5, 0.6) is 0 Å². The lowest BCUT2D eigenvalue weighted by molar-refractivity contribution is -0.118. The number of allylic oxidation sites excluding steroid dienone is 1. The second kappa shape index (κ2) is 6.38. The van der Waals surface area contributed by atoms with Gasteiger partial charge in [0.1, 0.15) is 0 Å². The van der Waals surface area contributed by atoms with Crippen LogP contribution in [0.25, 0.3) is 0 Å². The Balaban J connectivity index is 2.01. The highest BCUT2D eigenvalue weighted by Crippen LogP contribution is 2.48. The first kappa shape index (κ1) is 17.5. The summed E-state index contributed by atoms with van der Waals surface area (Å²) >= 11 is 0. The molecule has 27 heavy (non-hydrogen) atoms. The topological polar surface area (TPSA) is 49.4 Å². The zero-order chi connectivity index (χ0) is 19.2. The average molecular weight is 360 g/mol. The number of fused-ring (bicyclic) bond motifs is 1. The molecule has 138 valence electrons. The number of hydrogen-bond donors (Lipinski definition) is 1. The second-order valence-corrected chi connectivity index (χ2v) is 8.18. The second-order valence-electron chi connectivity index (χ2n) is 8.18. The number of para-hydroxylation sites is 2. The Labute approximate surface area is 159 Å². The van der Waals surface area contributed by atoms with Gasteiger partial charge >= 0.3 is 0 Å². The maximum atomic E-state index is 13.3. The summed E-state index contributed by atoms with van der Waals surface area (Å²) in [5.74, 6) is 0.0335. The van der Waals surface area contributed by atoms with E-state index in [1.165, 1.54) is 0 Å². The molecule has 1 heterocycles. The van der Waals surface area contributed by atoms with Crippen molar-refractivity contribution in [2.24, 2.45) is 5.41 Å². The van der Waals surface area contributed by atoms with Crippen molar-refractivity contribution in [3.63, 3.8) is 0 Å². The first-order valence-corrected chi connectivity index (χ1v) is 9.34. The zero-order valence-corrected chi connectivity index (χ0v) is 16.0. The molecule has 0 saturated heterocycles. The zero-order valence-electron chi connectivity index (χ0n) is 16.0. The van der Waals surface area contributed by atoms with Gasteiger partial charge in [0.25, 0.3) is 0 Å². The Hall–Kier alpha value is -2.88. The van der Waals surface area contributed by atoms with E-state index < -0.39 is 6.04 Å². The summed E-state index contributed by atoms with van der Waals surface area (Å²) in [5.41, 5.74) is 4.16. The van der Waals surface area contributed by atoms with Crippen LogP contribution in [0.1, 0.15) is 45.2 Å². The van der Waals surface area contributed by atoms with Crippen LogP contribution in [0.2, 0.25) is 0 Å². The Morgan fingerprint density at radius 3 is 2.41 bits per heavy atom. The van der Waals surface area contributed by atoms with Crippen molar-refractivity contribution in [3.8, 4) is 0 Å². The highest BCUT2D eigenvalue weighted by Gasteiger charge is 2.42. The maximum Gasteiger partial charge on any atom is 0.224 e. The number of rotatable bonds is 1. The van der Waals surface area contributed by atoms with Crippen LogP contribution in [-0.4, -0.2) is 11.7 Å². The number of nitrogens with zero attached hydrogens (tertiary/aromatic N) is 1. The Bertz CT molecular complexity index is 944. The number of Topliss-reactive ketones (excluding diaryl/α,β-unsaturated/α-hetero) is 1. The smallest absolute Gasteiger partial charge is 0.224 e. The molecule has 2 aliphatic rings. The van der Waals surface area contributed by atoms with Crippen molar-refractivity contribution in [3.05, 3.63) is 71.4 Å². The third-order valence-electron chi connectivity index (χ3n) is 5.36. The average Bonchev–Trinajstić information content (AvgIpc) is 2.75. The van der Waals surface area contributed by atoms with Gasteiger partial charge < -0.3 is 5.32 Å². The van der Waals surface area contributed by atoms with E-state index in [0.29, 0.717) is 12.0 Å². The third-order valence-corrected chi connectivity index (χ3v) is 5.36. The Morgan fingerprint density at radius 2 is 1.70 bits per heavy atom. The summed E-state index contributed by atoms with van der Waals surface area (Å²) in [6.45, 7) is 5.80. The number of nitrogens with one attached hydrogen (secondary N) is 1. The normalized spacial score (nSPS) is 21.1. The number of amides is 1. The van der Waals surface area contributed by atoms with Crippen molar-refractivity contribution in [2.75, 3.05) is 10.2 Å². The van der Waals surface area contributed by atoms with Gasteiger partial charge in [-0.15, -0.1) is 0 Å². The van der Waals surface area contributed by atoms with Crippen LogP contribution >= 0.6 is 0 Å². The highest BCUT2D eigenvalue weighted by molar-refractivity contribution is 6.05. The maximum absolute atomic E-state index is 13.3. The first-order valence-electron chi connectivity index (χ1n) is 9.34. The molecular weight excluding hydrogens is 336 g/mol. The fourth-order valence-electron chi connectivity index (χ4n) is 4.29. The molecule has 0 aromatic heterocycles. The summed E-state index contributed by atoms with van der Waals surface area (Å²) in [6, 6.07) is 17.2. The van der Waals surface area contributed by atoms with Crippen molar-refractivity contribution >= 4 is 23.1 Å². The predicted octanol–water partition coefficient (Wildman–Crippen LogP) is 4.85. The lowest BCUT2D eigenvalue weighted by Crippen LogP contribution is -2.38. The van der Waals surface area contributed by atoms with E-state index in [9.17, 15) is 9.59 Å². The van der Waals surface area contributed by atoms with Crippen molar-refractivity contribution in [2.45, 2.75) is 39.7 Å². The third kappa shape index (κ3) is 3.05. The van der Waals surface area contributed by atoms with E-state index >= 15 is 0 Å². The Morgan fingerprint density at radius 1 is 1.04 bits per heavy atom. The summed E-state index contributed by atoms with van der Waals surface area (Å²) in [4.78, 5) is 27.8. The quantitative estimate of drug-likeness (QED) is 0.791. The molecule has 1 N–H and O–H groups in total. The van der Waals surface area contributed by atoms with Crippen LogP contribution < -0.4 is 10.2 Å². The molecule has 0 bridgehead atoms. The molecule has 2 aromatic rings. The number of ketones is 1. The molecular formula is C23H24N2O2. The van der Waals surface area contributed by atoms with Gasteiger partial charge in [0.2, 0.25) is 5.91 Å². The van der Waals surface area contributed by atoms with Crippen LogP contribution in [0.15, 0.2) is 65.9 Å². The fraction of sp³-hybridized carbons (Fsp3) is 0.304. The van der Waals surface area contributed by atoms with E-state index in [2.05, 4.69) is 19.2 Å². The summed E-state index contributed by atoms with van der Waals surface area (Å²) in [6.07, 6.45) is 1.26. The van der Waals surface area contributed by atoms with E-state index in [4.69, 9.17) is 0 Å². The molecule has 1 amide bonds. The van der Waals surface area contributed by atoms with Gasteiger partial charge in [-0.25, -0.2) is 0 Å². The van der Waals surface area contributed by atoms with Gasteiger partial charge in [-0.1, -0.05) is 56.3 Å². The van der Waals surface area contributed by atoms with Gasteiger partial charge in [0.05, 0.1) is 17.4 Å². The molecule has 4 nitrogen and oxygen atoms in total. The number of benzene rings is 2. The van der Waals surface area contributed by atoms with Gasteiger partial charge in [-0.2, -0.15) is 0 Å². The predicted molar refractivity (Wildman–Crippen MR) is 107 cm³/mol. The minimum Gasteiger partial charge on any atom is -0.357 e. The molecule has 0 saturated carbocycles. The fourth-order valence-corrected chi connectivity index (χ4v) is 4.29. The largest absolute Gasteiger partial charge is 0.357 e. The molecule has 0 radical (unpaired) electrons. The molecule has 0 unspecified atom stereocenters. The monoisotopic (exact) mass is 360 g/mol. The summed E-state index contributed by atoms with van der Waals surface area (Å²) in [7, 11) is 0. The molecule has 4 rings (SSSR count). The summed E-state index contributed by atoms with van der Waals surface area (Å²) in [5, 5.41) is 3.50. The van der Waals surface area contributed by atoms with E-state index in [0.717, 1.165) is 29.1 Å². The van der Waals surface area contributed by atoms with Crippen molar-refractivity contribution in [1.82, 2.24) is 0 Å². The molecule has 1 atom stereocenters. The van der Waals surface area contributed by atoms with Crippen LogP contribution in [-0.2, 0) is 9.59 Å². The van der Waals surface area contributed by atoms with Crippen LogP contribution in [0.3, 0.4) is 0 Å². The number of carbonyl (C=O) groups excluding carboxylic acids is 2. The van der Waals surface area contributed by atoms with Gasteiger partial charge in [0, 0.05) is 24.6 Å². The Kier molecular flexibility index (Phi) is 4.14. The van der Waals surface area contributed by atoms with E-state index in [1.807, 2.05) is 54.6 Å². The molecule has 0 fully saturated rings. The highest BCUT2D eigenvalue weighted by atomic mass is 16.2. The van der Waals surface area contributed by atoms with Gasteiger partial charge in [-0.3, -0.25) is 14.5 Å². The minimum absolute atomic E-state index is 0.0792. The molecule has 4 heteroatoms. The summed E-state index contributed by atoms with van der Waals surface area (Å²) < 4.78 is 0. The van der Waals surface area contributed by atoms with E-state index in [1.54, 1.807) is 11.8 Å². The standard InChI is InChI=1S/C23H24N2O2/c1-15(26)25-19-12-8-7-11-17(19)24-18-13-23(2,3)14-20(27)21(18)22(25)16-9-5-4-6-10-16/h4-12,22,24H,13-14H2,1-3H3/t22-/m0/s1. The lowest BCUT2D eigenvalue weighted by Gasteiger charge is -2.36. The van der Waals surface area contributed by atoms with Crippen molar-refractivity contribution in [1.29, 1.82) is 0 Å². The van der Waals surface area contributed by atoms with Crippen molar-refractivity contribution < 1.29 is 9.59 Å². The number of carbonyl (C=O) groups is 2. The molecule has 2 aromatic carbocycles. The van der Waals surface area contributed by atoms with Gasteiger partial charge in [-0.05, 0) is 29.5 Å². The van der Waals surface area contributed by atoms with Gasteiger partial charge in [0.15, 0.2) is 5.78 Å². The van der Waals surface area contributed by atoms with E-state index in [-0.39, 0.29) is 17.1 Å². The number of hydrogen-bond acceptors (Lipinski definition) is 3. The molecule has 1 aliphatic carbocycles. The van der Waals surface area contributed by atoms with Crippen LogP contribution in [0, 0.1) is 5.41 Å². The molecule has 0 spiro atoms. The SMILES string of the molecule is CC(=O)N1c2ccccc2NC2=C(C(=O)CC(C)(C)C2)[C@@H]1c1ccccc1. The minimum atomic E-state index is -0.418. The molecule has 1 aliphatic heterocycles. The lowest BCUT2D eigenvalue weighted by atomic mass is 9.73.